The molecular formula is C17H16ClN3O2S2. The van der Waals surface area contributed by atoms with Crippen LogP contribution in [0, 0.1) is 16.7 Å². The van der Waals surface area contributed by atoms with Crippen molar-refractivity contribution in [3.63, 3.8) is 0 Å². The summed E-state index contributed by atoms with van der Waals surface area (Å²) < 4.78 is 0. The van der Waals surface area contributed by atoms with Gasteiger partial charge in [0, 0.05) is 18.5 Å². The van der Waals surface area contributed by atoms with E-state index in [9.17, 15) is 14.9 Å². The molecule has 130 valence electrons. The van der Waals surface area contributed by atoms with E-state index in [4.69, 9.17) is 11.6 Å². The van der Waals surface area contributed by atoms with Crippen LogP contribution >= 0.6 is 33.2 Å². The Balaban J connectivity index is 1.93. The summed E-state index contributed by atoms with van der Waals surface area (Å²) in [6.45, 7) is 3.61. The van der Waals surface area contributed by atoms with Crippen LogP contribution in [-0.4, -0.2) is 38.4 Å². The Morgan fingerprint density at radius 3 is 2.44 bits per heavy atom. The van der Waals surface area contributed by atoms with E-state index in [-0.39, 0.29) is 11.8 Å². The molecule has 2 amide bonds. The maximum atomic E-state index is 13.4. The zero-order valence-corrected chi connectivity index (χ0v) is 16.3. The van der Waals surface area contributed by atoms with E-state index in [0.29, 0.717) is 11.4 Å². The van der Waals surface area contributed by atoms with Crippen LogP contribution in [0.15, 0.2) is 24.3 Å². The summed E-state index contributed by atoms with van der Waals surface area (Å²) >= 11 is 6.00. The van der Waals surface area contributed by atoms with Crippen LogP contribution in [0.5, 0.6) is 0 Å². The van der Waals surface area contributed by atoms with Crippen molar-refractivity contribution in [1.29, 1.82) is 5.26 Å². The molecule has 1 aromatic rings. The van der Waals surface area contributed by atoms with Gasteiger partial charge in [-0.25, -0.2) is 0 Å². The van der Waals surface area contributed by atoms with Crippen molar-refractivity contribution < 1.29 is 9.59 Å². The number of hydrogen-bond acceptors (Lipinski definition) is 5. The van der Waals surface area contributed by atoms with Crippen molar-refractivity contribution in [3.8, 4) is 6.07 Å². The number of rotatable bonds is 1. The first kappa shape index (κ1) is 17.1. The Hall–Kier alpha value is -1.36. The molecule has 2 bridgehead atoms. The van der Waals surface area contributed by atoms with Crippen LogP contribution in [0.1, 0.15) is 31.9 Å². The van der Waals surface area contributed by atoms with Crippen molar-refractivity contribution in [3.05, 3.63) is 34.9 Å². The minimum atomic E-state index is -1.02. The Kier molecular flexibility index (Phi) is 3.48. The second kappa shape index (κ2) is 5.09. The van der Waals surface area contributed by atoms with Crippen molar-refractivity contribution in [2.24, 2.45) is 5.41 Å². The Bertz CT molecular complexity index is 841. The number of piperazine rings is 1. The molecule has 0 aromatic heterocycles. The molecule has 4 fully saturated rings. The Morgan fingerprint density at radius 1 is 1.20 bits per heavy atom. The van der Waals surface area contributed by atoms with Gasteiger partial charge in [0.1, 0.15) is 0 Å². The number of nitrogens with zero attached hydrogens (tertiary/aromatic N) is 3. The summed E-state index contributed by atoms with van der Waals surface area (Å²) in [5.41, 5.74) is -0.0285. The van der Waals surface area contributed by atoms with Crippen LogP contribution in [0.2, 0.25) is 5.02 Å². The molecule has 8 heteroatoms. The first-order valence-corrected chi connectivity index (χ1v) is 10.4. The number of benzene rings is 1. The highest BCUT2D eigenvalue weighted by Crippen LogP contribution is 2.69. The van der Waals surface area contributed by atoms with E-state index >= 15 is 0 Å². The maximum absolute atomic E-state index is 13.4. The van der Waals surface area contributed by atoms with E-state index < -0.39 is 21.2 Å². The lowest BCUT2D eigenvalue weighted by atomic mass is 9.79. The predicted octanol–water partition coefficient (Wildman–Crippen LogP) is 3.42. The Labute approximate surface area is 159 Å². The van der Waals surface area contributed by atoms with Crippen LogP contribution in [0.3, 0.4) is 0 Å². The number of carbonyl (C=O) groups is 2. The molecule has 1 aromatic carbocycles. The van der Waals surface area contributed by atoms with Crippen molar-refractivity contribution >= 4 is 45.0 Å². The summed E-state index contributed by atoms with van der Waals surface area (Å²) in [5.74, 6) is -0.214. The standard InChI is InChI=1S/C17H16ClN3O2S2/c1-15(9-19)8-17-14(23)20(3)16(2,24-25-17)13(22)21(17)12(15)10-4-6-11(18)7-5-10/h4-7,12H,8H2,1-3H3/t12?,15-,16+,17+/m1/s1. The van der Waals surface area contributed by atoms with Gasteiger partial charge in [-0.15, -0.1) is 0 Å². The van der Waals surface area contributed by atoms with Gasteiger partial charge < -0.3 is 9.80 Å². The highest BCUT2D eigenvalue weighted by molar-refractivity contribution is 8.78. The van der Waals surface area contributed by atoms with E-state index in [1.165, 1.54) is 26.5 Å². The van der Waals surface area contributed by atoms with Crippen LogP contribution in [0.25, 0.3) is 0 Å². The van der Waals surface area contributed by atoms with Gasteiger partial charge in [0.15, 0.2) is 9.74 Å². The fraction of sp³-hybridized carbons (Fsp3) is 0.471. The molecule has 4 atom stereocenters. The largest absolute Gasteiger partial charge is 0.319 e. The van der Waals surface area contributed by atoms with Crippen LogP contribution < -0.4 is 0 Å². The smallest absolute Gasteiger partial charge is 0.261 e. The van der Waals surface area contributed by atoms with E-state index in [1.54, 1.807) is 31.0 Å². The molecule has 5 rings (SSSR count). The summed E-state index contributed by atoms with van der Waals surface area (Å²) in [5, 5.41) is 10.5. The average Bonchev–Trinajstić information content (AvgIpc) is 2.87. The number of fused-ring (bicyclic) bond motifs is 2. The second-order valence-electron chi connectivity index (χ2n) is 7.13. The van der Waals surface area contributed by atoms with E-state index in [0.717, 1.165) is 5.56 Å². The van der Waals surface area contributed by atoms with Gasteiger partial charge in [-0.2, -0.15) is 5.26 Å². The quantitative estimate of drug-likeness (QED) is 0.684. The first-order valence-electron chi connectivity index (χ1n) is 7.85. The molecule has 5 nitrogen and oxygen atoms in total. The highest BCUT2D eigenvalue weighted by Gasteiger charge is 2.74. The second-order valence-corrected chi connectivity index (χ2v) is 10.4. The molecule has 0 aliphatic carbocycles. The molecule has 25 heavy (non-hydrogen) atoms. The highest BCUT2D eigenvalue weighted by atomic mass is 35.5. The first-order chi connectivity index (χ1) is 11.7. The number of amides is 2. The molecular weight excluding hydrogens is 378 g/mol. The SMILES string of the molecule is CN1C(=O)[C@@]23C[C@](C)(C#N)C(c4ccc(Cl)cc4)N2C(=O)[C@]1(C)SS3. The van der Waals surface area contributed by atoms with E-state index in [2.05, 4.69) is 6.07 Å². The van der Waals surface area contributed by atoms with Gasteiger partial charge in [0.25, 0.3) is 11.8 Å². The fourth-order valence-electron chi connectivity index (χ4n) is 4.07. The van der Waals surface area contributed by atoms with Gasteiger partial charge in [-0.3, -0.25) is 9.59 Å². The molecule has 1 spiro atoms. The maximum Gasteiger partial charge on any atom is 0.261 e. The number of hydrogen-bond donors (Lipinski definition) is 0. The van der Waals surface area contributed by atoms with E-state index in [1.807, 2.05) is 19.1 Å². The summed E-state index contributed by atoms with van der Waals surface area (Å²) in [6, 6.07) is 9.09. The van der Waals surface area contributed by atoms with Gasteiger partial charge in [-0.05, 0) is 31.5 Å². The third-order valence-corrected chi connectivity index (χ3v) is 9.49. The number of nitriles is 1. The van der Waals surface area contributed by atoms with Crippen LogP contribution in [0.4, 0.5) is 0 Å². The number of carbonyl (C=O) groups excluding carboxylic acids is 2. The van der Waals surface area contributed by atoms with Crippen molar-refractivity contribution in [2.45, 2.75) is 36.1 Å². The minimum Gasteiger partial charge on any atom is -0.319 e. The minimum absolute atomic E-state index is 0.101. The summed E-state index contributed by atoms with van der Waals surface area (Å²) in [6.07, 6.45) is 0.312. The lowest BCUT2D eigenvalue weighted by molar-refractivity contribution is -0.164. The number of halogens is 1. The number of likely N-dealkylation sites (N-methyl/N-ethyl adjacent to an activating group) is 1. The van der Waals surface area contributed by atoms with Gasteiger partial charge in [0.05, 0.1) is 17.5 Å². The molecule has 4 aliphatic heterocycles. The molecule has 4 heterocycles. The zero-order valence-electron chi connectivity index (χ0n) is 13.9. The summed E-state index contributed by atoms with van der Waals surface area (Å²) in [7, 11) is 4.50. The Morgan fingerprint density at radius 2 is 1.84 bits per heavy atom. The molecule has 4 saturated heterocycles. The predicted molar refractivity (Wildman–Crippen MR) is 98.5 cm³/mol. The van der Waals surface area contributed by atoms with Crippen molar-refractivity contribution in [1.82, 2.24) is 9.80 Å². The van der Waals surface area contributed by atoms with Gasteiger partial charge in [-0.1, -0.05) is 45.3 Å². The zero-order chi connectivity index (χ0) is 18.2. The lowest BCUT2D eigenvalue weighted by Gasteiger charge is -2.57. The third-order valence-electron chi connectivity index (χ3n) is 5.54. The summed E-state index contributed by atoms with van der Waals surface area (Å²) in [4.78, 5) is 27.7. The molecule has 1 unspecified atom stereocenters. The van der Waals surface area contributed by atoms with Crippen molar-refractivity contribution in [2.75, 3.05) is 7.05 Å². The van der Waals surface area contributed by atoms with Crippen LogP contribution in [-0.2, 0) is 9.59 Å². The lowest BCUT2D eigenvalue weighted by Crippen LogP contribution is -2.73. The van der Waals surface area contributed by atoms with Gasteiger partial charge in [0.2, 0.25) is 0 Å². The molecule has 0 N–H and O–H groups in total. The molecule has 4 aliphatic rings. The molecule has 0 radical (unpaired) electrons. The third kappa shape index (κ3) is 1.93. The van der Waals surface area contributed by atoms with Gasteiger partial charge >= 0.3 is 0 Å². The monoisotopic (exact) mass is 393 g/mol. The average molecular weight is 394 g/mol. The normalized spacial score (nSPS) is 39.6. The topological polar surface area (TPSA) is 64.4 Å². The fourth-order valence-corrected chi connectivity index (χ4v) is 7.77. The molecule has 0 saturated carbocycles.